The molecule has 0 amide bonds. The van der Waals surface area contributed by atoms with Gasteiger partial charge in [-0.3, -0.25) is 5.10 Å². The molecule has 0 saturated heterocycles. The van der Waals surface area contributed by atoms with E-state index >= 15 is 0 Å². The molecule has 4 heteroatoms. The lowest BCUT2D eigenvalue weighted by Crippen LogP contribution is -1.78. The first-order valence-electron chi connectivity index (χ1n) is 5.24. The van der Waals surface area contributed by atoms with Crippen LogP contribution in [0.4, 0.5) is 0 Å². The summed E-state index contributed by atoms with van der Waals surface area (Å²) in [6, 6.07) is 7.56. The zero-order valence-electron chi connectivity index (χ0n) is 8.50. The average molecular weight is 253 g/mol. The Kier molecular flexibility index (Phi) is 2.41. The number of benzene rings is 1. The Hall–Kier alpha value is -0.990. The van der Waals surface area contributed by atoms with Crippen molar-refractivity contribution < 1.29 is 0 Å². The SMILES string of the molecule is Clc1cc(Cl)cc(-c2cc(C3CC3)[nH]n2)c1. The molecule has 0 radical (unpaired) electrons. The predicted octanol–water partition coefficient (Wildman–Crippen LogP) is 4.26. The van der Waals surface area contributed by atoms with Gasteiger partial charge < -0.3 is 0 Å². The molecule has 1 aliphatic rings. The first kappa shape index (κ1) is 10.2. The zero-order valence-corrected chi connectivity index (χ0v) is 10.0. The van der Waals surface area contributed by atoms with Gasteiger partial charge in [0, 0.05) is 27.2 Å². The molecule has 1 aromatic heterocycles. The van der Waals surface area contributed by atoms with Gasteiger partial charge in [0.25, 0.3) is 0 Å². The van der Waals surface area contributed by atoms with Gasteiger partial charge in [-0.05, 0) is 37.1 Å². The largest absolute Gasteiger partial charge is 0.282 e. The molecule has 1 heterocycles. The maximum Gasteiger partial charge on any atom is 0.0924 e. The van der Waals surface area contributed by atoms with E-state index in [9.17, 15) is 0 Å². The zero-order chi connectivity index (χ0) is 11.1. The molecule has 1 fully saturated rings. The molecule has 0 aliphatic heterocycles. The van der Waals surface area contributed by atoms with E-state index in [1.165, 1.54) is 18.5 Å². The van der Waals surface area contributed by atoms with Gasteiger partial charge in [-0.25, -0.2) is 0 Å². The molecular formula is C12H10Cl2N2. The van der Waals surface area contributed by atoms with Crippen LogP contribution in [0.3, 0.4) is 0 Å². The lowest BCUT2D eigenvalue weighted by Gasteiger charge is -1.98. The van der Waals surface area contributed by atoms with Crippen LogP contribution in [0.25, 0.3) is 11.3 Å². The number of hydrogen-bond acceptors (Lipinski definition) is 1. The highest BCUT2D eigenvalue weighted by Gasteiger charge is 2.25. The van der Waals surface area contributed by atoms with E-state index in [4.69, 9.17) is 23.2 Å². The van der Waals surface area contributed by atoms with E-state index in [0.29, 0.717) is 16.0 Å². The maximum atomic E-state index is 5.96. The Morgan fingerprint density at radius 2 is 1.75 bits per heavy atom. The summed E-state index contributed by atoms with van der Waals surface area (Å²) in [6.07, 6.45) is 2.52. The van der Waals surface area contributed by atoms with Crippen molar-refractivity contribution in [3.63, 3.8) is 0 Å². The van der Waals surface area contributed by atoms with E-state index < -0.39 is 0 Å². The third kappa shape index (κ3) is 1.95. The molecule has 0 spiro atoms. The third-order valence-electron chi connectivity index (χ3n) is 2.77. The smallest absolute Gasteiger partial charge is 0.0924 e. The minimum Gasteiger partial charge on any atom is -0.282 e. The van der Waals surface area contributed by atoms with Gasteiger partial charge in [-0.2, -0.15) is 5.10 Å². The van der Waals surface area contributed by atoms with Crippen LogP contribution in [-0.2, 0) is 0 Å². The number of nitrogens with one attached hydrogen (secondary N) is 1. The van der Waals surface area contributed by atoms with Crippen molar-refractivity contribution in [2.24, 2.45) is 0 Å². The van der Waals surface area contributed by atoms with Crippen LogP contribution >= 0.6 is 23.2 Å². The molecule has 16 heavy (non-hydrogen) atoms. The van der Waals surface area contributed by atoms with E-state index in [-0.39, 0.29) is 0 Å². The molecule has 1 aromatic carbocycles. The normalized spacial score (nSPS) is 15.4. The van der Waals surface area contributed by atoms with Crippen molar-refractivity contribution in [1.29, 1.82) is 0 Å². The Morgan fingerprint density at radius 3 is 2.38 bits per heavy atom. The van der Waals surface area contributed by atoms with Crippen molar-refractivity contribution in [1.82, 2.24) is 10.2 Å². The van der Waals surface area contributed by atoms with Gasteiger partial charge in [0.1, 0.15) is 0 Å². The van der Waals surface area contributed by atoms with E-state index in [0.717, 1.165) is 11.3 Å². The number of halogens is 2. The number of aromatic amines is 1. The van der Waals surface area contributed by atoms with Crippen LogP contribution in [-0.4, -0.2) is 10.2 Å². The fraction of sp³-hybridized carbons (Fsp3) is 0.250. The van der Waals surface area contributed by atoms with E-state index in [1.54, 1.807) is 6.07 Å². The average Bonchev–Trinajstić information content (AvgIpc) is 2.95. The molecule has 1 saturated carbocycles. The summed E-state index contributed by atoms with van der Waals surface area (Å²) >= 11 is 11.9. The van der Waals surface area contributed by atoms with Crippen molar-refractivity contribution in [2.75, 3.05) is 0 Å². The second-order valence-corrected chi connectivity index (χ2v) is 5.01. The van der Waals surface area contributed by atoms with Crippen LogP contribution in [0.2, 0.25) is 10.0 Å². The standard InChI is InChI=1S/C12H10Cl2N2/c13-9-3-8(4-10(14)5-9)12-6-11(15-16-12)7-1-2-7/h3-7H,1-2H2,(H,15,16). The molecule has 1 N–H and O–H groups in total. The molecule has 2 nitrogen and oxygen atoms in total. The molecule has 82 valence electrons. The second-order valence-electron chi connectivity index (χ2n) is 4.14. The molecule has 2 aromatic rings. The molecule has 3 rings (SSSR count). The van der Waals surface area contributed by atoms with Gasteiger partial charge in [0.05, 0.1) is 5.69 Å². The minimum absolute atomic E-state index is 0.637. The Bertz CT molecular complexity index is 509. The van der Waals surface area contributed by atoms with Crippen molar-refractivity contribution in [3.05, 3.63) is 40.0 Å². The van der Waals surface area contributed by atoms with Crippen LogP contribution < -0.4 is 0 Å². The fourth-order valence-electron chi connectivity index (χ4n) is 1.79. The quantitative estimate of drug-likeness (QED) is 0.850. The topological polar surface area (TPSA) is 28.7 Å². The molecule has 0 bridgehead atoms. The molecule has 0 atom stereocenters. The monoisotopic (exact) mass is 252 g/mol. The molecule has 1 aliphatic carbocycles. The van der Waals surface area contributed by atoms with Crippen LogP contribution in [0, 0.1) is 0 Å². The minimum atomic E-state index is 0.637. The summed E-state index contributed by atoms with van der Waals surface area (Å²) in [6.45, 7) is 0. The summed E-state index contributed by atoms with van der Waals surface area (Å²) in [4.78, 5) is 0. The first-order chi connectivity index (χ1) is 7.72. The summed E-state index contributed by atoms with van der Waals surface area (Å²) in [5, 5.41) is 8.63. The first-order valence-corrected chi connectivity index (χ1v) is 6.00. The number of rotatable bonds is 2. The van der Waals surface area contributed by atoms with Crippen molar-refractivity contribution in [2.45, 2.75) is 18.8 Å². The third-order valence-corrected chi connectivity index (χ3v) is 3.21. The summed E-state index contributed by atoms with van der Waals surface area (Å²) in [5.74, 6) is 0.677. The summed E-state index contributed by atoms with van der Waals surface area (Å²) in [7, 11) is 0. The number of aromatic nitrogens is 2. The van der Waals surface area contributed by atoms with Crippen LogP contribution in [0.1, 0.15) is 24.5 Å². The highest BCUT2D eigenvalue weighted by Crippen LogP contribution is 2.40. The second kappa shape index (κ2) is 3.79. The van der Waals surface area contributed by atoms with E-state index in [1.807, 2.05) is 12.1 Å². The Balaban J connectivity index is 2.00. The predicted molar refractivity (Wildman–Crippen MR) is 66.0 cm³/mol. The van der Waals surface area contributed by atoms with Gasteiger partial charge in [0.15, 0.2) is 0 Å². The number of H-pyrrole nitrogens is 1. The van der Waals surface area contributed by atoms with Gasteiger partial charge >= 0.3 is 0 Å². The van der Waals surface area contributed by atoms with E-state index in [2.05, 4.69) is 16.3 Å². The van der Waals surface area contributed by atoms with Crippen LogP contribution in [0.15, 0.2) is 24.3 Å². The van der Waals surface area contributed by atoms with Gasteiger partial charge in [-0.15, -0.1) is 0 Å². The highest BCUT2D eigenvalue weighted by molar-refractivity contribution is 6.35. The van der Waals surface area contributed by atoms with Gasteiger partial charge in [0.2, 0.25) is 0 Å². The Labute approximate surface area is 104 Å². The maximum absolute atomic E-state index is 5.96. The lowest BCUT2D eigenvalue weighted by atomic mass is 10.1. The number of nitrogens with zero attached hydrogens (tertiary/aromatic N) is 1. The van der Waals surface area contributed by atoms with Crippen molar-refractivity contribution >= 4 is 23.2 Å². The fourth-order valence-corrected chi connectivity index (χ4v) is 2.32. The summed E-state index contributed by atoms with van der Waals surface area (Å²) in [5.41, 5.74) is 3.08. The summed E-state index contributed by atoms with van der Waals surface area (Å²) < 4.78 is 0. The Morgan fingerprint density at radius 1 is 1.06 bits per heavy atom. The van der Waals surface area contributed by atoms with Crippen LogP contribution in [0.5, 0.6) is 0 Å². The number of hydrogen-bond donors (Lipinski definition) is 1. The van der Waals surface area contributed by atoms with Gasteiger partial charge in [-0.1, -0.05) is 23.2 Å². The lowest BCUT2D eigenvalue weighted by molar-refractivity contribution is 0.967. The van der Waals surface area contributed by atoms with Crippen molar-refractivity contribution in [3.8, 4) is 11.3 Å². The molecular weight excluding hydrogens is 243 g/mol. The highest BCUT2D eigenvalue weighted by atomic mass is 35.5. The molecule has 0 unspecified atom stereocenters.